The molecule has 2 aliphatic heterocycles. The summed E-state index contributed by atoms with van der Waals surface area (Å²) in [5.74, 6) is 2.84. The fourth-order valence-electron chi connectivity index (χ4n) is 2.58. The quantitative estimate of drug-likeness (QED) is 0.829. The Morgan fingerprint density at radius 1 is 1.40 bits per heavy atom. The van der Waals surface area contributed by atoms with Gasteiger partial charge in [0.25, 0.3) is 0 Å². The van der Waals surface area contributed by atoms with Gasteiger partial charge in [-0.1, -0.05) is 6.92 Å². The van der Waals surface area contributed by atoms with Gasteiger partial charge in [-0.3, -0.25) is 0 Å². The molecular weight excluding hydrogens is 296 g/mol. The summed E-state index contributed by atoms with van der Waals surface area (Å²) in [6, 6.07) is -0.896. The first-order valence-electron chi connectivity index (χ1n) is 7.04. The zero-order chi connectivity index (χ0) is 14.5. The number of hydrogen-bond acceptors (Lipinski definition) is 4. The third kappa shape index (κ3) is 4.22. The Morgan fingerprint density at radius 3 is 2.85 bits per heavy atom. The molecule has 5 nitrogen and oxygen atoms in total. The summed E-state index contributed by atoms with van der Waals surface area (Å²) in [4.78, 5) is 25.0. The maximum absolute atomic E-state index is 12.2. The highest BCUT2D eigenvalue weighted by atomic mass is 32.2. The van der Waals surface area contributed by atoms with Gasteiger partial charge in [0.05, 0.1) is 0 Å². The van der Waals surface area contributed by atoms with Crippen LogP contribution >= 0.6 is 23.5 Å². The maximum Gasteiger partial charge on any atom is 0.326 e. The third-order valence-corrected chi connectivity index (χ3v) is 6.62. The number of carbonyl (C=O) groups is 2. The zero-order valence-electron chi connectivity index (χ0n) is 11.7. The molecule has 0 aromatic rings. The maximum atomic E-state index is 12.2. The molecule has 2 N–H and O–H groups in total. The van der Waals surface area contributed by atoms with Crippen molar-refractivity contribution < 1.29 is 14.7 Å². The van der Waals surface area contributed by atoms with Gasteiger partial charge < -0.3 is 15.3 Å². The van der Waals surface area contributed by atoms with Gasteiger partial charge in [0.15, 0.2) is 0 Å². The van der Waals surface area contributed by atoms with E-state index in [1.54, 1.807) is 0 Å². The van der Waals surface area contributed by atoms with E-state index in [1.807, 2.05) is 30.4 Å². The number of carbonyl (C=O) groups excluding carboxylic acids is 1. The molecule has 2 saturated heterocycles. The van der Waals surface area contributed by atoms with E-state index in [9.17, 15) is 14.7 Å². The van der Waals surface area contributed by atoms with E-state index in [0.29, 0.717) is 30.7 Å². The molecular formula is C13H22N2O3S2. The number of hydrogen-bond donors (Lipinski definition) is 2. The summed E-state index contributed by atoms with van der Waals surface area (Å²) in [5, 5.41) is 12.6. The summed E-state index contributed by atoms with van der Waals surface area (Å²) in [7, 11) is 0. The molecule has 0 aromatic carbocycles. The number of piperidine rings is 1. The molecule has 0 spiro atoms. The minimum Gasteiger partial charge on any atom is -0.480 e. The van der Waals surface area contributed by atoms with Gasteiger partial charge in [0, 0.05) is 35.6 Å². The van der Waals surface area contributed by atoms with Crippen LogP contribution in [0, 0.1) is 5.92 Å². The van der Waals surface area contributed by atoms with E-state index in [4.69, 9.17) is 0 Å². The lowest BCUT2D eigenvalue weighted by atomic mass is 9.93. The second-order valence-corrected chi connectivity index (χ2v) is 7.99. The van der Waals surface area contributed by atoms with E-state index < -0.39 is 12.0 Å². The molecule has 2 rings (SSSR count). The lowest BCUT2D eigenvalue weighted by Crippen LogP contribution is -2.54. The van der Waals surface area contributed by atoms with Crippen LogP contribution in [0.15, 0.2) is 0 Å². The molecule has 0 bridgehead atoms. The summed E-state index contributed by atoms with van der Waals surface area (Å²) in [6.07, 6.45) is 1.43. The van der Waals surface area contributed by atoms with Gasteiger partial charge in [0.2, 0.25) is 0 Å². The number of carboxylic acids is 1. The van der Waals surface area contributed by atoms with Gasteiger partial charge >= 0.3 is 12.0 Å². The normalized spacial score (nSPS) is 30.9. The highest BCUT2D eigenvalue weighted by molar-refractivity contribution is 8.06. The first-order valence-corrected chi connectivity index (χ1v) is 9.25. The molecule has 20 heavy (non-hydrogen) atoms. The minimum atomic E-state index is -0.894. The highest BCUT2D eigenvalue weighted by Crippen LogP contribution is 2.24. The standard InChI is InChI=1S/C13H22N2O3S2/c1-9-2-3-15(11(6-9)12(16)17)13(18)14-7-10-8-19-4-5-20-10/h9-11H,2-8H2,1H3,(H,14,18)(H,16,17). The number of aliphatic carboxylic acids is 1. The van der Waals surface area contributed by atoms with Gasteiger partial charge in [0.1, 0.15) is 6.04 Å². The van der Waals surface area contributed by atoms with Crippen molar-refractivity contribution in [2.24, 2.45) is 5.92 Å². The van der Waals surface area contributed by atoms with E-state index >= 15 is 0 Å². The average Bonchev–Trinajstić information content (AvgIpc) is 2.45. The Bertz CT molecular complexity index is 362. The van der Waals surface area contributed by atoms with Crippen LogP contribution in [0.3, 0.4) is 0 Å². The molecule has 2 heterocycles. The number of rotatable bonds is 3. The topological polar surface area (TPSA) is 69.6 Å². The molecule has 2 aliphatic rings. The molecule has 3 atom stereocenters. The van der Waals surface area contributed by atoms with Crippen LogP contribution in [-0.4, -0.2) is 63.6 Å². The molecule has 0 aromatic heterocycles. The Labute approximate surface area is 128 Å². The molecule has 2 fully saturated rings. The molecule has 0 radical (unpaired) electrons. The molecule has 0 saturated carbocycles. The van der Waals surface area contributed by atoms with Crippen LogP contribution in [0.2, 0.25) is 0 Å². The summed E-state index contributed by atoms with van der Waals surface area (Å²) >= 11 is 3.81. The van der Waals surface area contributed by atoms with Crippen molar-refractivity contribution in [1.82, 2.24) is 10.2 Å². The fraction of sp³-hybridized carbons (Fsp3) is 0.846. The van der Waals surface area contributed by atoms with Crippen LogP contribution in [0.4, 0.5) is 4.79 Å². The number of nitrogens with zero attached hydrogens (tertiary/aromatic N) is 1. The van der Waals surface area contributed by atoms with Crippen LogP contribution in [0.5, 0.6) is 0 Å². The van der Waals surface area contributed by atoms with Crippen LogP contribution in [-0.2, 0) is 4.79 Å². The van der Waals surface area contributed by atoms with Crippen LogP contribution in [0.25, 0.3) is 0 Å². The van der Waals surface area contributed by atoms with Gasteiger partial charge in [-0.05, 0) is 18.8 Å². The largest absolute Gasteiger partial charge is 0.480 e. The van der Waals surface area contributed by atoms with Gasteiger partial charge in [-0.25, -0.2) is 9.59 Å². The van der Waals surface area contributed by atoms with Crippen molar-refractivity contribution in [3.05, 3.63) is 0 Å². The number of likely N-dealkylation sites (tertiary alicyclic amines) is 1. The lowest BCUT2D eigenvalue weighted by Gasteiger charge is -2.36. The van der Waals surface area contributed by atoms with Crippen molar-refractivity contribution in [3.63, 3.8) is 0 Å². The van der Waals surface area contributed by atoms with Crippen LogP contribution < -0.4 is 5.32 Å². The summed E-state index contributed by atoms with van der Waals surface area (Å²) in [5.41, 5.74) is 0. The third-order valence-electron chi connectivity index (χ3n) is 3.78. The fourth-order valence-corrected chi connectivity index (χ4v) is 5.19. The molecule has 114 valence electrons. The number of nitrogens with one attached hydrogen (secondary N) is 1. The van der Waals surface area contributed by atoms with Gasteiger partial charge in [-0.2, -0.15) is 23.5 Å². The van der Waals surface area contributed by atoms with E-state index in [1.165, 1.54) is 10.7 Å². The van der Waals surface area contributed by atoms with Crippen molar-refractivity contribution in [2.75, 3.05) is 30.3 Å². The van der Waals surface area contributed by atoms with Crippen LogP contribution in [0.1, 0.15) is 19.8 Å². The predicted molar refractivity (Wildman–Crippen MR) is 83.5 cm³/mol. The van der Waals surface area contributed by atoms with E-state index in [-0.39, 0.29) is 6.03 Å². The number of urea groups is 1. The van der Waals surface area contributed by atoms with Crippen molar-refractivity contribution in [1.29, 1.82) is 0 Å². The zero-order valence-corrected chi connectivity index (χ0v) is 13.3. The first-order chi connectivity index (χ1) is 9.58. The second-order valence-electron chi connectivity index (χ2n) is 5.43. The number of carboxylic acid groups (broad SMARTS) is 1. The Hall–Kier alpha value is -0.560. The summed E-state index contributed by atoms with van der Waals surface area (Å²) < 4.78 is 0. The van der Waals surface area contributed by atoms with Crippen molar-refractivity contribution >= 4 is 35.5 Å². The lowest BCUT2D eigenvalue weighted by molar-refractivity contribution is -0.143. The molecule has 2 amide bonds. The van der Waals surface area contributed by atoms with Crippen molar-refractivity contribution in [3.8, 4) is 0 Å². The average molecular weight is 318 g/mol. The monoisotopic (exact) mass is 318 g/mol. The molecule has 3 unspecified atom stereocenters. The number of amides is 2. The van der Waals surface area contributed by atoms with E-state index in [0.717, 1.165) is 17.9 Å². The van der Waals surface area contributed by atoms with E-state index in [2.05, 4.69) is 5.32 Å². The SMILES string of the molecule is CC1CCN(C(=O)NCC2CSCCS2)C(C(=O)O)C1. The van der Waals surface area contributed by atoms with Gasteiger partial charge in [-0.15, -0.1) is 0 Å². The van der Waals surface area contributed by atoms with Crippen molar-refractivity contribution in [2.45, 2.75) is 31.1 Å². The second kappa shape index (κ2) is 7.45. The predicted octanol–water partition coefficient (Wildman–Crippen LogP) is 1.73. The number of thioether (sulfide) groups is 2. The molecule has 0 aliphatic carbocycles. The Kier molecular flexibility index (Phi) is 5.89. The smallest absolute Gasteiger partial charge is 0.326 e. The first kappa shape index (κ1) is 15.8. The Balaban J connectivity index is 1.84. The highest BCUT2D eigenvalue weighted by Gasteiger charge is 2.34. The minimum absolute atomic E-state index is 0.222. The molecule has 7 heteroatoms. The summed E-state index contributed by atoms with van der Waals surface area (Å²) in [6.45, 7) is 3.21. The Morgan fingerprint density at radius 2 is 2.20 bits per heavy atom.